The van der Waals surface area contributed by atoms with Gasteiger partial charge in [-0.1, -0.05) is 56.2 Å². The van der Waals surface area contributed by atoms with Crippen LogP contribution < -0.4 is 5.32 Å². The summed E-state index contributed by atoms with van der Waals surface area (Å²) in [6, 6.07) is 10.9. The Morgan fingerprint density at radius 2 is 1.96 bits per heavy atom. The van der Waals surface area contributed by atoms with E-state index in [1.807, 2.05) is 6.92 Å². The number of nitrogens with one attached hydrogen (secondary N) is 1. The molecular formula is C21H30N2O. The number of amides is 1. The van der Waals surface area contributed by atoms with Crippen LogP contribution in [0.15, 0.2) is 36.4 Å². The molecule has 0 unspecified atom stereocenters. The summed E-state index contributed by atoms with van der Waals surface area (Å²) in [7, 11) is 0. The first-order valence-corrected chi connectivity index (χ1v) is 9.44. The van der Waals surface area contributed by atoms with Crippen LogP contribution in [0.5, 0.6) is 0 Å². The highest BCUT2D eigenvalue weighted by molar-refractivity contribution is 5.82. The number of hydrogen-bond donors (Lipinski definition) is 1. The van der Waals surface area contributed by atoms with Crippen molar-refractivity contribution in [3.63, 3.8) is 0 Å². The molecule has 0 saturated heterocycles. The smallest absolute Gasteiger partial charge is 0.237 e. The van der Waals surface area contributed by atoms with E-state index in [1.165, 1.54) is 30.4 Å². The molecule has 1 amide bonds. The molecule has 1 aromatic carbocycles. The predicted molar refractivity (Wildman–Crippen MR) is 99.6 cm³/mol. The average Bonchev–Trinajstić information content (AvgIpc) is 2.64. The van der Waals surface area contributed by atoms with Crippen LogP contribution in [-0.4, -0.2) is 36.0 Å². The van der Waals surface area contributed by atoms with E-state index in [-0.39, 0.29) is 11.9 Å². The van der Waals surface area contributed by atoms with Gasteiger partial charge in [-0.2, -0.15) is 0 Å². The molecule has 0 bridgehead atoms. The van der Waals surface area contributed by atoms with Gasteiger partial charge in [0, 0.05) is 19.1 Å². The van der Waals surface area contributed by atoms with E-state index in [1.54, 1.807) is 0 Å². The second kappa shape index (κ2) is 7.98. The lowest BCUT2D eigenvalue weighted by atomic mass is 9.86. The minimum atomic E-state index is -0.0484. The highest BCUT2D eigenvalue weighted by Gasteiger charge is 2.28. The van der Waals surface area contributed by atoms with Crippen molar-refractivity contribution in [2.45, 2.75) is 58.0 Å². The molecule has 0 aromatic heterocycles. The summed E-state index contributed by atoms with van der Waals surface area (Å²) < 4.78 is 0. The second-order valence-corrected chi connectivity index (χ2v) is 7.39. The maximum Gasteiger partial charge on any atom is 0.237 e. The van der Waals surface area contributed by atoms with Gasteiger partial charge in [0.15, 0.2) is 0 Å². The summed E-state index contributed by atoms with van der Waals surface area (Å²) in [5, 5.41) is 3.31. The van der Waals surface area contributed by atoms with Crippen molar-refractivity contribution in [1.29, 1.82) is 0 Å². The Morgan fingerprint density at radius 3 is 2.62 bits per heavy atom. The summed E-state index contributed by atoms with van der Waals surface area (Å²) >= 11 is 0. The van der Waals surface area contributed by atoms with Gasteiger partial charge in [-0.25, -0.2) is 0 Å². The summed E-state index contributed by atoms with van der Waals surface area (Å²) in [5.74, 6) is 0.811. The van der Waals surface area contributed by atoms with Crippen LogP contribution in [0.3, 0.4) is 0 Å². The Bertz CT molecular complexity index is 581. The Labute approximate surface area is 146 Å². The SMILES string of the molecule is C[C@H](C(=O)N[C@@H]1CCCC[C@@H]1C)N1CC=C(c2ccccc2)CC1. The molecule has 2 aliphatic rings. The molecule has 0 spiro atoms. The Hall–Kier alpha value is -1.61. The molecule has 1 fully saturated rings. The van der Waals surface area contributed by atoms with Crippen molar-refractivity contribution in [3.05, 3.63) is 42.0 Å². The van der Waals surface area contributed by atoms with E-state index in [2.05, 4.69) is 53.5 Å². The molecule has 3 rings (SSSR count). The van der Waals surface area contributed by atoms with Crippen LogP contribution >= 0.6 is 0 Å². The maximum absolute atomic E-state index is 12.6. The van der Waals surface area contributed by atoms with Crippen molar-refractivity contribution in [3.8, 4) is 0 Å². The van der Waals surface area contributed by atoms with Gasteiger partial charge in [0.2, 0.25) is 5.91 Å². The highest BCUT2D eigenvalue weighted by Crippen LogP contribution is 2.25. The fourth-order valence-electron chi connectivity index (χ4n) is 3.95. The minimum Gasteiger partial charge on any atom is -0.352 e. The Morgan fingerprint density at radius 1 is 1.21 bits per heavy atom. The Balaban J connectivity index is 1.55. The van der Waals surface area contributed by atoms with Crippen molar-refractivity contribution < 1.29 is 4.79 Å². The summed E-state index contributed by atoms with van der Waals surface area (Å²) in [5.41, 5.74) is 2.71. The number of benzene rings is 1. The zero-order chi connectivity index (χ0) is 16.9. The van der Waals surface area contributed by atoms with Crippen molar-refractivity contribution >= 4 is 11.5 Å². The summed E-state index contributed by atoms with van der Waals surface area (Å²) in [6.45, 7) is 6.13. The van der Waals surface area contributed by atoms with Crippen LogP contribution in [-0.2, 0) is 4.79 Å². The molecule has 1 heterocycles. The monoisotopic (exact) mass is 326 g/mol. The first-order chi connectivity index (χ1) is 11.6. The topological polar surface area (TPSA) is 32.3 Å². The molecule has 1 saturated carbocycles. The standard InChI is InChI=1S/C21H30N2O/c1-16-8-6-7-11-20(16)22-21(24)17(2)23-14-12-19(13-15-23)18-9-4-3-5-10-18/h3-5,9-10,12,16-17,20H,6-8,11,13-15H2,1-2H3,(H,22,24)/t16-,17+,20+/m0/s1. The molecule has 130 valence electrons. The van der Waals surface area contributed by atoms with Gasteiger partial charge < -0.3 is 5.32 Å². The third-order valence-corrected chi connectivity index (χ3v) is 5.75. The molecule has 3 atom stereocenters. The van der Waals surface area contributed by atoms with Gasteiger partial charge in [-0.05, 0) is 43.2 Å². The first-order valence-electron chi connectivity index (χ1n) is 9.44. The van der Waals surface area contributed by atoms with E-state index in [4.69, 9.17) is 0 Å². The average molecular weight is 326 g/mol. The van der Waals surface area contributed by atoms with Crippen LogP contribution in [0, 0.1) is 5.92 Å². The molecule has 1 aromatic rings. The van der Waals surface area contributed by atoms with Crippen molar-refractivity contribution in [2.75, 3.05) is 13.1 Å². The molecule has 0 radical (unpaired) electrons. The number of carbonyl (C=O) groups excluding carboxylic acids is 1. The van der Waals surface area contributed by atoms with E-state index in [9.17, 15) is 4.79 Å². The molecular weight excluding hydrogens is 296 g/mol. The zero-order valence-corrected chi connectivity index (χ0v) is 15.0. The van der Waals surface area contributed by atoms with E-state index in [0.29, 0.717) is 12.0 Å². The van der Waals surface area contributed by atoms with Gasteiger partial charge in [-0.3, -0.25) is 9.69 Å². The molecule has 1 aliphatic carbocycles. The zero-order valence-electron chi connectivity index (χ0n) is 15.0. The second-order valence-electron chi connectivity index (χ2n) is 7.39. The maximum atomic E-state index is 12.6. The largest absolute Gasteiger partial charge is 0.352 e. The summed E-state index contributed by atoms with van der Waals surface area (Å²) in [4.78, 5) is 14.9. The van der Waals surface area contributed by atoms with Crippen LogP contribution in [0.1, 0.15) is 51.5 Å². The van der Waals surface area contributed by atoms with Gasteiger partial charge in [0.05, 0.1) is 6.04 Å². The molecule has 1 N–H and O–H groups in total. The van der Waals surface area contributed by atoms with E-state index in [0.717, 1.165) is 25.9 Å². The molecule has 3 nitrogen and oxygen atoms in total. The summed E-state index contributed by atoms with van der Waals surface area (Å²) in [6.07, 6.45) is 8.23. The van der Waals surface area contributed by atoms with Gasteiger partial charge in [0.25, 0.3) is 0 Å². The van der Waals surface area contributed by atoms with Crippen molar-refractivity contribution in [2.24, 2.45) is 5.92 Å². The minimum absolute atomic E-state index is 0.0484. The number of rotatable bonds is 4. The normalized spacial score (nSPS) is 26.5. The number of hydrogen-bond acceptors (Lipinski definition) is 2. The van der Waals surface area contributed by atoms with E-state index < -0.39 is 0 Å². The third kappa shape index (κ3) is 4.07. The van der Waals surface area contributed by atoms with Crippen LogP contribution in [0.4, 0.5) is 0 Å². The lowest BCUT2D eigenvalue weighted by Crippen LogP contribution is -2.51. The predicted octanol–water partition coefficient (Wildman–Crippen LogP) is 3.86. The number of nitrogens with zero attached hydrogens (tertiary/aromatic N) is 1. The van der Waals surface area contributed by atoms with Crippen molar-refractivity contribution in [1.82, 2.24) is 10.2 Å². The van der Waals surface area contributed by atoms with Gasteiger partial charge in [-0.15, -0.1) is 0 Å². The van der Waals surface area contributed by atoms with Crippen LogP contribution in [0.25, 0.3) is 5.57 Å². The lowest BCUT2D eigenvalue weighted by Gasteiger charge is -2.34. The Kier molecular flexibility index (Phi) is 5.72. The fourth-order valence-corrected chi connectivity index (χ4v) is 3.95. The van der Waals surface area contributed by atoms with E-state index >= 15 is 0 Å². The van der Waals surface area contributed by atoms with Crippen LogP contribution in [0.2, 0.25) is 0 Å². The molecule has 3 heteroatoms. The molecule has 24 heavy (non-hydrogen) atoms. The first kappa shape index (κ1) is 17.2. The van der Waals surface area contributed by atoms with Gasteiger partial charge >= 0.3 is 0 Å². The third-order valence-electron chi connectivity index (χ3n) is 5.75. The lowest BCUT2D eigenvalue weighted by molar-refractivity contribution is -0.127. The quantitative estimate of drug-likeness (QED) is 0.911. The van der Waals surface area contributed by atoms with Gasteiger partial charge in [0.1, 0.15) is 0 Å². The molecule has 1 aliphatic heterocycles. The number of carbonyl (C=O) groups is 1. The fraction of sp³-hybridized carbons (Fsp3) is 0.571. The highest BCUT2D eigenvalue weighted by atomic mass is 16.2.